The lowest BCUT2D eigenvalue weighted by Crippen LogP contribution is -2.36. The third-order valence-corrected chi connectivity index (χ3v) is 3.69. The van der Waals surface area contributed by atoms with Gasteiger partial charge in [-0.05, 0) is 45.2 Å². The number of carbonyl (C=O) groups excluding carboxylic acids is 2. The van der Waals surface area contributed by atoms with Crippen LogP contribution in [0.25, 0.3) is 0 Å². The van der Waals surface area contributed by atoms with Crippen molar-refractivity contribution in [3.8, 4) is 0 Å². The largest absolute Gasteiger partial charge is 0.367 e. The summed E-state index contributed by atoms with van der Waals surface area (Å²) in [6, 6.07) is 0. The van der Waals surface area contributed by atoms with E-state index in [4.69, 9.17) is 16.4 Å². The number of carbonyl (C=O) groups is 2. The zero-order chi connectivity index (χ0) is 14.0. The van der Waals surface area contributed by atoms with E-state index < -0.39 is 10.8 Å². The van der Waals surface area contributed by atoms with E-state index in [9.17, 15) is 9.59 Å². The highest BCUT2D eigenvalue weighted by molar-refractivity contribution is 6.64. The van der Waals surface area contributed by atoms with Gasteiger partial charge >= 0.3 is 5.97 Å². The first-order valence-corrected chi connectivity index (χ1v) is 6.76. The lowest BCUT2D eigenvalue weighted by molar-refractivity contribution is -0.197. The number of nitrogens with zero attached hydrogens (tertiary/aromatic N) is 1. The van der Waals surface area contributed by atoms with Crippen molar-refractivity contribution in [2.24, 2.45) is 10.8 Å². The summed E-state index contributed by atoms with van der Waals surface area (Å²) in [6.45, 7) is 8.41. The van der Waals surface area contributed by atoms with Gasteiger partial charge in [0.05, 0.1) is 10.8 Å². The molecule has 1 heterocycles. The van der Waals surface area contributed by atoms with Gasteiger partial charge in [0.2, 0.25) is 5.24 Å². The number of rotatable bonds is 4. The fraction of sp³-hybridized carbons (Fsp3) is 0.846. The molecule has 0 aromatic heterocycles. The zero-order valence-corrected chi connectivity index (χ0v) is 12.3. The summed E-state index contributed by atoms with van der Waals surface area (Å²) in [5.74, 6) is -0.281. The standard InChI is InChI=1S/C13H22ClNO3/c1-5-6-13(10(14)16)7-8-15(9-13)18-11(17)12(2,3)4/h5-9H2,1-4H3/t13-/m0/s1. The summed E-state index contributed by atoms with van der Waals surface area (Å²) in [5, 5.41) is 1.25. The van der Waals surface area contributed by atoms with Crippen LogP contribution >= 0.6 is 11.6 Å². The maximum absolute atomic E-state index is 11.8. The fourth-order valence-corrected chi connectivity index (χ4v) is 2.36. The third kappa shape index (κ3) is 3.45. The second-order valence-corrected chi connectivity index (χ2v) is 6.39. The maximum Gasteiger partial charge on any atom is 0.330 e. The molecule has 104 valence electrons. The van der Waals surface area contributed by atoms with E-state index >= 15 is 0 Å². The molecule has 1 fully saturated rings. The van der Waals surface area contributed by atoms with Crippen molar-refractivity contribution in [3.05, 3.63) is 0 Å². The number of hydrogen-bond donors (Lipinski definition) is 0. The van der Waals surface area contributed by atoms with Crippen molar-refractivity contribution < 1.29 is 14.4 Å². The average Bonchev–Trinajstić information content (AvgIpc) is 2.62. The van der Waals surface area contributed by atoms with Crippen molar-refractivity contribution in [3.63, 3.8) is 0 Å². The quantitative estimate of drug-likeness (QED) is 0.740. The molecule has 18 heavy (non-hydrogen) atoms. The van der Waals surface area contributed by atoms with E-state index in [0.717, 1.165) is 12.8 Å². The Labute approximate surface area is 114 Å². The first-order valence-electron chi connectivity index (χ1n) is 6.38. The molecule has 1 atom stereocenters. The van der Waals surface area contributed by atoms with Crippen molar-refractivity contribution in [1.82, 2.24) is 5.06 Å². The van der Waals surface area contributed by atoms with E-state index in [1.54, 1.807) is 25.8 Å². The summed E-state index contributed by atoms with van der Waals surface area (Å²) in [5.41, 5.74) is -1.09. The molecule has 0 N–H and O–H groups in total. The van der Waals surface area contributed by atoms with Crippen LogP contribution in [0, 0.1) is 10.8 Å². The normalized spacial score (nSPS) is 25.2. The van der Waals surface area contributed by atoms with Gasteiger partial charge in [0.15, 0.2) is 0 Å². The highest BCUT2D eigenvalue weighted by Crippen LogP contribution is 2.38. The number of halogens is 1. The van der Waals surface area contributed by atoms with Crippen LogP contribution in [0.2, 0.25) is 0 Å². The Hall–Kier alpha value is -0.610. The predicted octanol–water partition coefficient (Wildman–Crippen LogP) is 2.75. The molecule has 1 saturated heterocycles. The molecular formula is C13H22ClNO3. The van der Waals surface area contributed by atoms with Crippen molar-refractivity contribution >= 4 is 22.8 Å². The monoisotopic (exact) mass is 275 g/mol. The van der Waals surface area contributed by atoms with Crippen LogP contribution in [-0.2, 0) is 14.4 Å². The van der Waals surface area contributed by atoms with Gasteiger partial charge < -0.3 is 4.84 Å². The average molecular weight is 276 g/mol. The molecule has 1 aliphatic rings. The first-order chi connectivity index (χ1) is 8.21. The summed E-state index contributed by atoms with van der Waals surface area (Å²) in [6.07, 6.45) is 2.28. The van der Waals surface area contributed by atoms with Gasteiger partial charge in [-0.1, -0.05) is 13.3 Å². The molecular weight excluding hydrogens is 254 g/mol. The summed E-state index contributed by atoms with van der Waals surface area (Å²) in [7, 11) is 0. The van der Waals surface area contributed by atoms with Crippen LogP contribution in [-0.4, -0.2) is 29.4 Å². The van der Waals surface area contributed by atoms with Gasteiger partial charge in [0.1, 0.15) is 0 Å². The number of hydrogen-bond acceptors (Lipinski definition) is 4. The van der Waals surface area contributed by atoms with E-state index in [1.165, 1.54) is 0 Å². The van der Waals surface area contributed by atoms with Crippen LogP contribution in [0.15, 0.2) is 0 Å². The van der Waals surface area contributed by atoms with Crippen LogP contribution in [0.5, 0.6) is 0 Å². The van der Waals surface area contributed by atoms with E-state index in [1.807, 2.05) is 6.92 Å². The van der Waals surface area contributed by atoms with E-state index in [2.05, 4.69) is 0 Å². The van der Waals surface area contributed by atoms with Gasteiger partial charge in [-0.15, -0.1) is 5.06 Å². The Kier molecular flexibility index (Phi) is 4.78. The van der Waals surface area contributed by atoms with E-state index in [0.29, 0.717) is 19.5 Å². The van der Waals surface area contributed by atoms with Gasteiger partial charge in [-0.3, -0.25) is 4.79 Å². The Morgan fingerprint density at radius 1 is 1.39 bits per heavy atom. The molecule has 0 amide bonds. The molecule has 0 saturated carbocycles. The number of hydroxylamine groups is 2. The Morgan fingerprint density at radius 2 is 2.00 bits per heavy atom. The minimum absolute atomic E-state index is 0.281. The van der Waals surface area contributed by atoms with Gasteiger partial charge in [0.25, 0.3) is 0 Å². The molecule has 4 nitrogen and oxygen atoms in total. The van der Waals surface area contributed by atoms with Crippen LogP contribution < -0.4 is 0 Å². The highest BCUT2D eigenvalue weighted by Gasteiger charge is 2.44. The summed E-state index contributed by atoms with van der Waals surface area (Å²) < 4.78 is 0. The summed E-state index contributed by atoms with van der Waals surface area (Å²) in [4.78, 5) is 28.7. The predicted molar refractivity (Wildman–Crippen MR) is 69.9 cm³/mol. The van der Waals surface area contributed by atoms with Gasteiger partial charge in [0, 0.05) is 13.1 Å². The Bertz CT molecular complexity index is 338. The van der Waals surface area contributed by atoms with Crippen molar-refractivity contribution in [1.29, 1.82) is 0 Å². The van der Waals surface area contributed by atoms with Crippen molar-refractivity contribution in [2.45, 2.75) is 47.0 Å². The molecule has 1 rings (SSSR count). The Balaban J connectivity index is 2.65. The molecule has 0 radical (unpaired) electrons. The topological polar surface area (TPSA) is 46.6 Å². The second-order valence-electron chi connectivity index (χ2n) is 6.05. The van der Waals surface area contributed by atoms with E-state index in [-0.39, 0.29) is 11.2 Å². The summed E-state index contributed by atoms with van der Waals surface area (Å²) >= 11 is 5.71. The first kappa shape index (κ1) is 15.4. The van der Waals surface area contributed by atoms with Crippen LogP contribution in [0.1, 0.15) is 47.0 Å². The van der Waals surface area contributed by atoms with Crippen molar-refractivity contribution in [2.75, 3.05) is 13.1 Å². The highest BCUT2D eigenvalue weighted by atomic mass is 35.5. The smallest absolute Gasteiger partial charge is 0.330 e. The molecule has 1 aliphatic heterocycles. The van der Waals surface area contributed by atoms with Gasteiger partial charge in [-0.2, -0.15) is 0 Å². The van der Waals surface area contributed by atoms with Crippen LogP contribution in [0.3, 0.4) is 0 Å². The van der Waals surface area contributed by atoms with Crippen LogP contribution in [0.4, 0.5) is 0 Å². The third-order valence-electron chi connectivity index (χ3n) is 3.29. The molecule has 5 heteroatoms. The molecule has 0 spiro atoms. The molecule has 0 aromatic carbocycles. The molecule has 0 unspecified atom stereocenters. The molecule has 0 aliphatic carbocycles. The molecule has 0 bridgehead atoms. The fourth-order valence-electron chi connectivity index (χ4n) is 2.11. The molecule has 0 aromatic rings. The lowest BCUT2D eigenvalue weighted by atomic mass is 9.84. The minimum Gasteiger partial charge on any atom is -0.367 e. The minimum atomic E-state index is -0.547. The lowest BCUT2D eigenvalue weighted by Gasteiger charge is -2.25. The maximum atomic E-state index is 11.8. The Morgan fingerprint density at radius 3 is 2.44 bits per heavy atom. The van der Waals surface area contributed by atoms with Gasteiger partial charge in [-0.25, -0.2) is 4.79 Å². The SMILES string of the molecule is CCC[C@]1(C(=O)Cl)CCN(OC(=O)C(C)(C)C)C1. The second kappa shape index (κ2) is 5.57. The zero-order valence-electron chi connectivity index (χ0n) is 11.6.